The van der Waals surface area contributed by atoms with Crippen molar-refractivity contribution in [1.82, 2.24) is 14.5 Å². The molecule has 29 heavy (non-hydrogen) atoms. The highest BCUT2D eigenvalue weighted by atomic mass is 19.4. The van der Waals surface area contributed by atoms with Gasteiger partial charge >= 0.3 is 6.18 Å². The van der Waals surface area contributed by atoms with Crippen molar-refractivity contribution in [3.8, 4) is 0 Å². The molecule has 1 aliphatic heterocycles. The van der Waals surface area contributed by atoms with Gasteiger partial charge in [-0.25, -0.2) is 4.39 Å². The Kier molecular flexibility index (Phi) is 4.34. The number of fused-ring (bicyclic) bond motifs is 3. The van der Waals surface area contributed by atoms with E-state index >= 15 is 0 Å². The Morgan fingerprint density at radius 1 is 1.31 bits per heavy atom. The number of nitrogens with zero attached hydrogens (tertiary/aromatic N) is 3. The standard InChI is InChI=1S/C19H16F4N4O2/c1-8(16-13(20)3-10(5-26-16)19(21,22)23)27-15(18(24)28)4-14-17(27)12-7-29-9(2)11(12)6-25-14/h3-6,8-9H,7H2,1-2H3,(H2,24,28)/t8-,9?/m0/s1. The maximum Gasteiger partial charge on any atom is 0.417 e. The first-order chi connectivity index (χ1) is 13.6. The van der Waals surface area contributed by atoms with Crippen molar-refractivity contribution < 1.29 is 27.1 Å². The molecule has 2 atom stereocenters. The predicted octanol–water partition coefficient (Wildman–Crippen LogP) is 3.89. The zero-order valence-electron chi connectivity index (χ0n) is 15.4. The van der Waals surface area contributed by atoms with Gasteiger partial charge in [-0.1, -0.05) is 0 Å². The molecule has 3 aromatic heterocycles. The van der Waals surface area contributed by atoms with E-state index in [4.69, 9.17) is 10.5 Å². The van der Waals surface area contributed by atoms with Crippen molar-refractivity contribution >= 4 is 16.9 Å². The minimum absolute atomic E-state index is 0.0500. The first-order valence-electron chi connectivity index (χ1n) is 8.76. The average Bonchev–Trinajstić information content (AvgIpc) is 3.21. The van der Waals surface area contributed by atoms with E-state index in [2.05, 4.69) is 9.97 Å². The van der Waals surface area contributed by atoms with Gasteiger partial charge in [0.05, 0.1) is 41.0 Å². The Labute approximate surface area is 162 Å². The van der Waals surface area contributed by atoms with Gasteiger partial charge in [0.1, 0.15) is 11.5 Å². The number of hydrogen-bond acceptors (Lipinski definition) is 4. The monoisotopic (exact) mass is 408 g/mol. The Morgan fingerprint density at radius 3 is 2.66 bits per heavy atom. The molecule has 3 aromatic rings. The molecule has 0 saturated carbocycles. The number of pyridine rings is 2. The lowest BCUT2D eigenvalue weighted by atomic mass is 10.1. The third-order valence-electron chi connectivity index (χ3n) is 5.14. The van der Waals surface area contributed by atoms with Crippen LogP contribution in [0.25, 0.3) is 11.0 Å². The van der Waals surface area contributed by atoms with Gasteiger partial charge in [-0.05, 0) is 26.0 Å². The number of hydrogen-bond donors (Lipinski definition) is 1. The van der Waals surface area contributed by atoms with E-state index in [1.807, 2.05) is 6.92 Å². The van der Waals surface area contributed by atoms with Crippen LogP contribution < -0.4 is 5.73 Å². The number of alkyl halides is 3. The van der Waals surface area contributed by atoms with Crippen LogP contribution >= 0.6 is 0 Å². The lowest BCUT2D eigenvalue weighted by Gasteiger charge is -2.19. The predicted molar refractivity (Wildman–Crippen MR) is 94.5 cm³/mol. The van der Waals surface area contributed by atoms with Gasteiger partial charge < -0.3 is 15.0 Å². The van der Waals surface area contributed by atoms with Crippen LogP contribution in [-0.4, -0.2) is 20.4 Å². The molecule has 0 spiro atoms. The van der Waals surface area contributed by atoms with Crippen molar-refractivity contribution in [3.05, 3.63) is 58.4 Å². The molecule has 0 aliphatic carbocycles. The van der Waals surface area contributed by atoms with Gasteiger partial charge in [0.2, 0.25) is 0 Å². The Bertz CT molecular complexity index is 1140. The molecule has 1 aliphatic rings. The van der Waals surface area contributed by atoms with E-state index in [0.717, 1.165) is 11.1 Å². The summed E-state index contributed by atoms with van der Waals surface area (Å²) in [4.78, 5) is 20.1. The van der Waals surface area contributed by atoms with Crippen molar-refractivity contribution in [3.63, 3.8) is 0 Å². The molecule has 0 bridgehead atoms. The Balaban J connectivity index is 1.93. The van der Waals surface area contributed by atoms with Gasteiger partial charge in [-0.15, -0.1) is 0 Å². The summed E-state index contributed by atoms with van der Waals surface area (Å²) in [6, 6.07) is 0.948. The number of nitrogens with two attached hydrogens (primary N) is 1. The fourth-order valence-electron chi connectivity index (χ4n) is 3.69. The van der Waals surface area contributed by atoms with Gasteiger partial charge in [-0.3, -0.25) is 14.8 Å². The second kappa shape index (κ2) is 6.51. The number of halogens is 4. The molecule has 1 amide bonds. The van der Waals surface area contributed by atoms with E-state index in [9.17, 15) is 22.4 Å². The SMILES string of the molecule is CC1OCc2c1cnc1cc(C(N)=O)n([C@@H](C)c3ncc(C(F)(F)F)cc3F)c21. The molecule has 0 saturated heterocycles. The molecule has 4 rings (SSSR count). The van der Waals surface area contributed by atoms with Crippen molar-refractivity contribution in [2.24, 2.45) is 5.73 Å². The zero-order chi connectivity index (χ0) is 21.1. The molecule has 0 fully saturated rings. The van der Waals surface area contributed by atoms with Crippen LogP contribution in [0.1, 0.15) is 58.9 Å². The van der Waals surface area contributed by atoms with Gasteiger partial charge in [0.25, 0.3) is 5.91 Å². The van der Waals surface area contributed by atoms with E-state index in [-0.39, 0.29) is 24.1 Å². The van der Waals surface area contributed by atoms with E-state index in [1.165, 1.54) is 17.6 Å². The number of ether oxygens (including phenoxy) is 1. The van der Waals surface area contributed by atoms with Crippen LogP contribution in [0.15, 0.2) is 24.5 Å². The van der Waals surface area contributed by atoms with Crippen LogP contribution in [0.5, 0.6) is 0 Å². The van der Waals surface area contributed by atoms with E-state index in [1.54, 1.807) is 6.20 Å². The fourth-order valence-corrected chi connectivity index (χ4v) is 3.69. The second-order valence-corrected chi connectivity index (χ2v) is 6.91. The minimum Gasteiger partial charge on any atom is -0.369 e. The minimum atomic E-state index is -4.72. The third kappa shape index (κ3) is 3.03. The fraction of sp³-hybridized carbons (Fsp3) is 0.316. The van der Waals surface area contributed by atoms with Crippen molar-refractivity contribution in [2.45, 2.75) is 38.8 Å². The second-order valence-electron chi connectivity index (χ2n) is 6.91. The summed E-state index contributed by atoms with van der Waals surface area (Å²) in [6.07, 6.45) is -2.71. The molecule has 6 nitrogen and oxygen atoms in total. The molecular formula is C19H16F4N4O2. The van der Waals surface area contributed by atoms with Crippen LogP contribution in [0, 0.1) is 5.82 Å². The summed E-state index contributed by atoms with van der Waals surface area (Å²) in [5, 5.41) is 0. The Hall–Kier alpha value is -3.01. The molecule has 0 aromatic carbocycles. The largest absolute Gasteiger partial charge is 0.417 e. The molecule has 2 N–H and O–H groups in total. The molecule has 152 valence electrons. The van der Waals surface area contributed by atoms with Gasteiger partial charge in [0.15, 0.2) is 0 Å². The summed E-state index contributed by atoms with van der Waals surface area (Å²) < 4.78 is 60.2. The number of carbonyl (C=O) groups is 1. The van der Waals surface area contributed by atoms with Crippen LogP contribution in [-0.2, 0) is 17.5 Å². The van der Waals surface area contributed by atoms with Crippen molar-refractivity contribution in [2.75, 3.05) is 0 Å². The summed E-state index contributed by atoms with van der Waals surface area (Å²) in [7, 11) is 0. The maximum atomic E-state index is 14.6. The number of carbonyl (C=O) groups excluding carboxylic acids is 1. The highest BCUT2D eigenvalue weighted by Crippen LogP contribution is 2.38. The quantitative estimate of drug-likeness (QED) is 0.667. The van der Waals surface area contributed by atoms with E-state index < -0.39 is 29.5 Å². The number of primary amides is 1. The first kappa shape index (κ1) is 19.3. The molecule has 4 heterocycles. The lowest BCUT2D eigenvalue weighted by molar-refractivity contribution is -0.138. The lowest BCUT2D eigenvalue weighted by Crippen LogP contribution is -2.21. The summed E-state index contributed by atoms with van der Waals surface area (Å²) in [6.45, 7) is 3.64. The Morgan fingerprint density at radius 2 is 2.03 bits per heavy atom. The molecule has 1 unspecified atom stereocenters. The maximum absolute atomic E-state index is 14.6. The third-order valence-corrected chi connectivity index (χ3v) is 5.14. The van der Waals surface area contributed by atoms with E-state index in [0.29, 0.717) is 23.3 Å². The van der Waals surface area contributed by atoms with Crippen LogP contribution in [0.3, 0.4) is 0 Å². The molecular weight excluding hydrogens is 392 g/mol. The average molecular weight is 408 g/mol. The van der Waals surface area contributed by atoms with Gasteiger partial charge in [-0.2, -0.15) is 13.2 Å². The molecule has 10 heteroatoms. The topological polar surface area (TPSA) is 83.0 Å². The number of amides is 1. The highest BCUT2D eigenvalue weighted by molar-refractivity contribution is 5.98. The smallest absolute Gasteiger partial charge is 0.369 e. The zero-order valence-corrected chi connectivity index (χ0v) is 15.4. The summed E-state index contributed by atoms with van der Waals surface area (Å²) in [5.41, 5.74) is 6.68. The van der Waals surface area contributed by atoms with Crippen LogP contribution in [0.2, 0.25) is 0 Å². The molecule has 0 radical (unpaired) electrons. The summed E-state index contributed by atoms with van der Waals surface area (Å²) >= 11 is 0. The number of rotatable bonds is 3. The summed E-state index contributed by atoms with van der Waals surface area (Å²) in [5.74, 6) is -1.90. The highest BCUT2D eigenvalue weighted by Gasteiger charge is 2.33. The normalized spacial score (nSPS) is 17.5. The first-order valence-corrected chi connectivity index (χ1v) is 8.76. The van der Waals surface area contributed by atoms with Crippen LogP contribution in [0.4, 0.5) is 17.6 Å². The van der Waals surface area contributed by atoms with Gasteiger partial charge in [0, 0.05) is 23.5 Å². The number of aromatic nitrogens is 3. The van der Waals surface area contributed by atoms with Crippen molar-refractivity contribution in [1.29, 1.82) is 0 Å².